The van der Waals surface area contributed by atoms with Gasteiger partial charge in [-0.15, -0.1) is 0 Å². The van der Waals surface area contributed by atoms with E-state index in [0.717, 1.165) is 74.8 Å². The number of carbonyl (C=O) groups excluding carboxylic acids is 1. The quantitative estimate of drug-likeness (QED) is 0.438. The number of nitrogens with zero attached hydrogens (tertiary/aromatic N) is 4. The van der Waals surface area contributed by atoms with Crippen LogP contribution in [-0.2, 0) is 14.9 Å². The van der Waals surface area contributed by atoms with Crippen LogP contribution in [0.3, 0.4) is 0 Å². The van der Waals surface area contributed by atoms with E-state index in [1.165, 1.54) is 7.11 Å². The fourth-order valence-electron chi connectivity index (χ4n) is 4.89. The summed E-state index contributed by atoms with van der Waals surface area (Å²) >= 11 is 0. The molecule has 3 aromatic rings. The van der Waals surface area contributed by atoms with Crippen LogP contribution < -0.4 is 4.90 Å². The zero-order valence-corrected chi connectivity index (χ0v) is 20.2. The van der Waals surface area contributed by atoms with E-state index in [4.69, 9.17) is 9.72 Å². The van der Waals surface area contributed by atoms with E-state index >= 15 is 0 Å². The SMILES string of the molecule is CCC(CCCN1CCN(c2nccc(-c3ccccc3)n2)CC1)(C(=O)OC)c1ccccc1. The Kier molecular flexibility index (Phi) is 7.91. The monoisotopic (exact) mass is 458 g/mol. The van der Waals surface area contributed by atoms with Gasteiger partial charge in [0.05, 0.1) is 18.2 Å². The van der Waals surface area contributed by atoms with E-state index in [2.05, 4.69) is 33.8 Å². The first-order chi connectivity index (χ1) is 16.7. The van der Waals surface area contributed by atoms with Crippen molar-refractivity contribution in [2.75, 3.05) is 44.7 Å². The van der Waals surface area contributed by atoms with Gasteiger partial charge < -0.3 is 9.64 Å². The maximum atomic E-state index is 12.8. The van der Waals surface area contributed by atoms with Gasteiger partial charge in [0.25, 0.3) is 0 Å². The highest BCUT2D eigenvalue weighted by Gasteiger charge is 2.39. The second-order valence-corrected chi connectivity index (χ2v) is 8.83. The third-order valence-corrected chi connectivity index (χ3v) is 6.95. The molecule has 0 spiro atoms. The molecule has 1 aliphatic heterocycles. The third kappa shape index (κ3) is 5.28. The van der Waals surface area contributed by atoms with Crippen LogP contribution >= 0.6 is 0 Å². The molecule has 34 heavy (non-hydrogen) atoms. The molecule has 1 aromatic heterocycles. The third-order valence-electron chi connectivity index (χ3n) is 6.95. The topological polar surface area (TPSA) is 58.6 Å². The summed E-state index contributed by atoms with van der Waals surface area (Å²) in [6, 6.07) is 22.2. The van der Waals surface area contributed by atoms with E-state index in [9.17, 15) is 4.79 Å². The summed E-state index contributed by atoms with van der Waals surface area (Å²) in [5.41, 5.74) is 2.52. The largest absolute Gasteiger partial charge is 0.468 e. The van der Waals surface area contributed by atoms with Gasteiger partial charge in [-0.05, 0) is 37.4 Å². The molecule has 6 heteroatoms. The van der Waals surface area contributed by atoms with E-state index in [0.29, 0.717) is 0 Å². The second-order valence-electron chi connectivity index (χ2n) is 8.83. The number of anilines is 1. The minimum Gasteiger partial charge on any atom is -0.468 e. The number of esters is 1. The summed E-state index contributed by atoms with van der Waals surface area (Å²) in [7, 11) is 1.49. The predicted molar refractivity (Wildman–Crippen MR) is 136 cm³/mol. The van der Waals surface area contributed by atoms with Gasteiger partial charge >= 0.3 is 5.97 Å². The zero-order chi connectivity index (χ0) is 23.8. The predicted octanol–water partition coefficient (Wildman–Crippen LogP) is 4.57. The Morgan fingerprint density at radius 1 is 0.971 bits per heavy atom. The van der Waals surface area contributed by atoms with Crippen molar-refractivity contribution < 1.29 is 9.53 Å². The van der Waals surface area contributed by atoms with Crippen LogP contribution in [0.2, 0.25) is 0 Å². The molecular formula is C28H34N4O2. The lowest BCUT2D eigenvalue weighted by Crippen LogP contribution is -2.47. The molecule has 6 nitrogen and oxygen atoms in total. The average Bonchev–Trinajstić information content (AvgIpc) is 2.92. The Hall–Kier alpha value is -3.25. The smallest absolute Gasteiger partial charge is 0.316 e. The molecule has 178 valence electrons. The van der Waals surface area contributed by atoms with Crippen LogP contribution in [0.15, 0.2) is 72.9 Å². The molecule has 2 heterocycles. The molecule has 0 N–H and O–H groups in total. The molecule has 1 atom stereocenters. The minimum absolute atomic E-state index is 0.138. The first-order valence-electron chi connectivity index (χ1n) is 12.2. The standard InChI is InChI=1S/C28H34N4O2/c1-3-28(26(33)34-2,24-13-8-5-9-14-24)16-10-18-31-19-21-32(22-20-31)27-29-17-15-25(30-27)23-11-6-4-7-12-23/h4-9,11-15,17H,3,10,16,18-22H2,1-2H3. The first kappa shape index (κ1) is 23.9. The van der Waals surface area contributed by atoms with Crippen LogP contribution in [0.4, 0.5) is 5.95 Å². The van der Waals surface area contributed by atoms with Crippen LogP contribution in [0.5, 0.6) is 0 Å². The molecule has 2 aromatic carbocycles. The van der Waals surface area contributed by atoms with Crippen molar-refractivity contribution in [3.8, 4) is 11.3 Å². The van der Waals surface area contributed by atoms with Gasteiger partial charge in [0, 0.05) is 37.9 Å². The molecule has 0 radical (unpaired) electrons. The Morgan fingerprint density at radius 3 is 2.29 bits per heavy atom. The summed E-state index contributed by atoms with van der Waals surface area (Å²) in [6.45, 7) is 6.75. The minimum atomic E-state index is -0.580. The number of benzene rings is 2. The van der Waals surface area contributed by atoms with Crippen molar-refractivity contribution in [3.05, 3.63) is 78.5 Å². The van der Waals surface area contributed by atoms with Gasteiger partial charge in [-0.25, -0.2) is 9.97 Å². The lowest BCUT2D eigenvalue weighted by molar-refractivity contribution is -0.148. The Balaban J connectivity index is 1.33. The van der Waals surface area contributed by atoms with Crippen molar-refractivity contribution in [2.24, 2.45) is 0 Å². The highest BCUT2D eigenvalue weighted by Crippen LogP contribution is 2.34. The number of hydrogen-bond donors (Lipinski definition) is 0. The maximum absolute atomic E-state index is 12.8. The molecule has 0 saturated carbocycles. The summed E-state index contributed by atoms with van der Waals surface area (Å²) in [5.74, 6) is 0.655. The Bertz CT molecular complexity index is 1050. The molecule has 1 unspecified atom stereocenters. The van der Waals surface area contributed by atoms with Crippen molar-refractivity contribution in [2.45, 2.75) is 31.6 Å². The van der Waals surface area contributed by atoms with Gasteiger partial charge in [0.1, 0.15) is 0 Å². The summed E-state index contributed by atoms with van der Waals surface area (Å²) in [5, 5.41) is 0. The van der Waals surface area contributed by atoms with Gasteiger partial charge in [-0.1, -0.05) is 67.6 Å². The number of hydrogen-bond acceptors (Lipinski definition) is 6. The first-order valence-corrected chi connectivity index (χ1v) is 12.2. The average molecular weight is 459 g/mol. The fraction of sp³-hybridized carbons (Fsp3) is 0.393. The van der Waals surface area contributed by atoms with Crippen molar-refractivity contribution >= 4 is 11.9 Å². The van der Waals surface area contributed by atoms with Crippen molar-refractivity contribution in [3.63, 3.8) is 0 Å². The Labute approximate surface area is 202 Å². The van der Waals surface area contributed by atoms with Gasteiger partial charge in [-0.2, -0.15) is 0 Å². The number of piperazine rings is 1. The molecular weight excluding hydrogens is 424 g/mol. The highest BCUT2D eigenvalue weighted by atomic mass is 16.5. The Morgan fingerprint density at radius 2 is 1.65 bits per heavy atom. The lowest BCUT2D eigenvalue weighted by Gasteiger charge is -2.36. The molecule has 0 aliphatic carbocycles. The number of ether oxygens (including phenoxy) is 1. The highest BCUT2D eigenvalue weighted by molar-refractivity contribution is 5.83. The van der Waals surface area contributed by atoms with Gasteiger partial charge in [0.15, 0.2) is 0 Å². The summed E-state index contributed by atoms with van der Waals surface area (Å²) in [6.07, 6.45) is 4.30. The molecule has 1 aliphatic rings. The molecule has 4 rings (SSSR count). The van der Waals surface area contributed by atoms with Crippen LogP contribution in [0.25, 0.3) is 11.3 Å². The molecule has 0 bridgehead atoms. The number of methoxy groups -OCH3 is 1. The number of aromatic nitrogens is 2. The number of carbonyl (C=O) groups is 1. The van der Waals surface area contributed by atoms with Crippen molar-refractivity contribution in [1.82, 2.24) is 14.9 Å². The second kappa shape index (κ2) is 11.3. The molecule has 0 amide bonds. The van der Waals surface area contributed by atoms with E-state index in [1.807, 2.05) is 60.8 Å². The summed E-state index contributed by atoms with van der Waals surface area (Å²) < 4.78 is 5.24. The van der Waals surface area contributed by atoms with E-state index < -0.39 is 5.41 Å². The van der Waals surface area contributed by atoms with Crippen molar-refractivity contribution in [1.29, 1.82) is 0 Å². The molecule has 1 fully saturated rings. The van der Waals surface area contributed by atoms with Crippen LogP contribution in [-0.4, -0.2) is 60.7 Å². The normalized spacial score (nSPS) is 16.1. The number of rotatable bonds is 9. The zero-order valence-electron chi connectivity index (χ0n) is 20.2. The molecule has 1 saturated heterocycles. The van der Waals surface area contributed by atoms with Gasteiger partial charge in [0.2, 0.25) is 5.95 Å². The fourth-order valence-corrected chi connectivity index (χ4v) is 4.89. The van der Waals surface area contributed by atoms with Crippen LogP contribution in [0.1, 0.15) is 31.7 Å². The summed E-state index contributed by atoms with van der Waals surface area (Å²) in [4.78, 5) is 26.9. The van der Waals surface area contributed by atoms with Gasteiger partial charge in [-0.3, -0.25) is 9.69 Å². The van der Waals surface area contributed by atoms with Crippen LogP contribution in [0, 0.1) is 0 Å². The van der Waals surface area contributed by atoms with E-state index in [1.54, 1.807) is 0 Å². The maximum Gasteiger partial charge on any atom is 0.316 e. The lowest BCUT2D eigenvalue weighted by atomic mass is 9.74. The van der Waals surface area contributed by atoms with E-state index in [-0.39, 0.29) is 5.97 Å².